The predicted octanol–water partition coefficient (Wildman–Crippen LogP) is 2.74. The van der Waals surface area contributed by atoms with Crippen molar-refractivity contribution in [3.8, 4) is 0 Å². The molecule has 0 spiro atoms. The number of piperidine rings is 1. The van der Waals surface area contributed by atoms with Gasteiger partial charge in [0.25, 0.3) is 5.91 Å². The molecule has 1 atom stereocenters. The van der Waals surface area contributed by atoms with Crippen molar-refractivity contribution in [2.75, 3.05) is 18.4 Å². The van der Waals surface area contributed by atoms with Crippen LogP contribution < -0.4 is 5.32 Å². The molecule has 4 rings (SSSR count). The topological polar surface area (TPSA) is 88.6 Å². The summed E-state index contributed by atoms with van der Waals surface area (Å²) in [5.74, 6) is -0.399. The molecule has 0 saturated carbocycles. The zero-order valence-electron chi connectivity index (χ0n) is 17.2. The summed E-state index contributed by atoms with van der Waals surface area (Å²) in [7, 11) is 0. The molecule has 3 heterocycles. The Hall–Kier alpha value is -3.22. The summed E-state index contributed by atoms with van der Waals surface area (Å²) in [5, 5.41) is 2.85. The van der Waals surface area contributed by atoms with Gasteiger partial charge in [-0.3, -0.25) is 9.59 Å². The summed E-state index contributed by atoms with van der Waals surface area (Å²) in [6, 6.07) is 10.9. The average molecular weight is 407 g/mol. The Bertz CT molecular complexity index is 980. The first-order chi connectivity index (χ1) is 14.4. The maximum absolute atomic E-state index is 13.2. The number of aryl methyl sites for hydroxylation is 1. The number of nitrogens with zero attached hydrogens (tertiary/aromatic N) is 2. The molecule has 1 aromatic carbocycles. The number of benzene rings is 1. The predicted molar refractivity (Wildman–Crippen MR) is 111 cm³/mol. The van der Waals surface area contributed by atoms with Crippen molar-refractivity contribution < 1.29 is 19.1 Å². The highest BCUT2D eigenvalue weighted by Crippen LogP contribution is 2.31. The molecule has 2 amide bonds. The van der Waals surface area contributed by atoms with Crippen LogP contribution in [0.25, 0.3) is 0 Å². The van der Waals surface area contributed by atoms with Gasteiger partial charge in [0, 0.05) is 31.6 Å². The molecular weight excluding hydrogens is 382 g/mol. The maximum atomic E-state index is 13.2. The summed E-state index contributed by atoms with van der Waals surface area (Å²) in [5.41, 5.74) is 1.15. The first-order valence-electron chi connectivity index (χ1n) is 10.2. The first-order valence-corrected chi connectivity index (χ1v) is 10.2. The van der Waals surface area contributed by atoms with Gasteiger partial charge in [0.2, 0.25) is 5.91 Å². The molecule has 1 unspecified atom stereocenters. The number of likely N-dealkylation sites (tertiary alicyclic amines) is 1. The van der Waals surface area contributed by atoms with Crippen LogP contribution in [-0.4, -0.2) is 46.4 Å². The quantitative estimate of drug-likeness (QED) is 0.791. The molecule has 7 heteroatoms. The second-order valence-electron chi connectivity index (χ2n) is 8.23. The molecule has 1 aromatic heterocycles. The minimum Gasteiger partial charge on any atom is -0.445 e. The van der Waals surface area contributed by atoms with Crippen molar-refractivity contribution in [1.29, 1.82) is 0 Å². The Morgan fingerprint density at radius 3 is 2.60 bits per heavy atom. The van der Waals surface area contributed by atoms with Gasteiger partial charge in [-0.15, -0.1) is 0 Å². The molecule has 156 valence electrons. The zero-order valence-corrected chi connectivity index (χ0v) is 17.2. The third-order valence-electron chi connectivity index (χ3n) is 5.85. The minimum absolute atomic E-state index is 0.0808. The lowest BCUT2D eigenvalue weighted by molar-refractivity contribution is -0.153. The van der Waals surface area contributed by atoms with Crippen LogP contribution in [0.3, 0.4) is 0 Å². The van der Waals surface area contributed by atoms with E-state index in [1.807, 2.05) is 25.1 Å². The van der Waals surface area contributed by atoms with Crippen molar-refractivity contribution in [2.45, 2.75) is 38.7 Å². The van der Waals surface area contributed by atoms with Gasteiger partial charge >= 0.3 is 5.97 Å². The SMILES string of the molecule is Cc1ccc(NC(=O)C2CCN(C(=O)C3(C)Cc4ccccc4C(=O)O3)CC2)nc1. The summed E-state index contributed by atoms with van der Waals surface area (Å²) >= 11 is 0. The number of pyridine rings is 1. The highest BCUT2D eigenvalue weighted by atomic mass is 16.6. The Balaban J connectivity index is 1.37. The molecule has 2 aliphatic heterocycles. The van der Waals surface area contributed by atoms with E-state index in [1.54, 1.807) is 36.2 Å². The third kappa shape index (κ3) is 3.92. The van der Waals surface area contributed by atoms with Gasteiger partial charge in [-0.1, -0.05) is 24.3 Å². The molecule has 0 aliphatic carbocycles. The van der Waals surface area contributed by atoms with E-state index >= 15 is 0 Å². The summed E-state index contributed by atoms with van der Waals surface area (Å²) in [6.07, 6.45) is 3.18. The smallest absolute Gasteiger partial charge is 0.339 e. The fourth-order valence-electron chi connectivity index (χ4n) is 4.10. The van der Waals surface area contributed by atoms with Gasteiger partial charge in [0.1, 0.15) is 5.82 Å². The number of fused-ring (bicyclic) bond motifs is 1. The molecule has 0 bridgehead atoms. The minimum atomic E-state index is -1.22. The van der Waals surface area contributed by atoms with Crippen molar-refractivity contribution in [3.63, 3.8) is 0 Å². The zero-order chi connectivity index (χ0) is 21.3. The third-order valence-corrected chi connectivity index (χ3v) is 5.85. The van der Waals surface area contributed by atoms with Crippen LogP contribution in [0.2, 0.25) is 0 Å². The van der Waals surface area contributed by atoms with Gasteiger partial charge in [0.05, 0.1) is 5.56 Å². The molecule has 1 N–H and O–H groups in total. The average Bonchev–Trinajstić information content (AvgIpc) is 2.75. The lowest BCUT2D eigenvalue weighted by atomic mass is 9.87. The molecule has 30 heavy (non-hydrogen) atoms. The normalized spacial score (nSPS) is 21.5. The van der Waals surface area contributed by atoms with E-state index in [1.165, 1.54) is 0 Å². The van der Waals surface area contributed by atoms with E-state index < -0.39 is 11.6 Å². The van der Waals surface area contributed by atoms with Gasteiger partial charge in [-0.25, -0.2) is 9.78 Å². The highest BCUT2D eigenvalue weighted by molar-refractivity contribution is 5.97. The highest BCUT2D eigenvalue weighted by Gasteiger charge is 2.45. The summed E-state index contributed by atoms with van der Waals surface area (Å²) in [4.78, 5) is 44.0. The fraction of sp³-hybridized carbons (Fsp3) is 0.391. The van der Waals surface area contributed by atoms with Crippen molar-refractivity contribution >= 4 is 23.6 Å². The van der Waals surface area contributed by atoms with E-state index in [4.69, 9.17) is 4.74 Å². The number of hydrogen-bond donors (Lipinski definition) is 1. The Kier molecular flexibility index (Phi) is 5.28. The standard InChI is InChI=1S/C23H25N3O4/c1-15-7-8-19(24-14-15)25-20(27)16-9-11-26(12-10-16)22(29)23(2)13-17-5-3-4-6-18(17)21(28)30-23/h3-8,14,16H,9-13H2,1-2H3,(H,24,25,27). The van der Waals surface area contributed by atoms with Crippen LogP contribution in [-0.2, 0) is 20.7 Å². The van der Waals surface area contributed by atoms with Crippen molar-refractivity contribution in [3.05, 3.63) is 59.3 Å². The lowest BCUT2D eigenvalue weighted by Crippen LogP contribution is -2.55. The van der Waals surface area contributed by atoms with E-state index in [0.29, 0.717) is 43.7 Å². The number of carbonyl (C=O) groups excluding carboxylic acids is 3. The van der Waals surface area contributed by atoms with Crippen LogP contribution in [0.5, 0.6) is 0 Å². The Morgan fingerprint density at radius 2 is 1.90 bits per heavy atom. The van der Waals surface area contributed by atoms with Crippen LogP contribution in [0.1, 0.15) is 41.3 Å². The van der Waals surface area contributed by atoms with Gasteiger partial charge < -0.3 is 15.0 Å². The number of ether oxygens (including phenoxy) is 1. The first kappa shape index (κ1) is 20.1. The number of cyclic esters (lactones) is 1. The number of hydrogen-bond acceptors (Lipinski definition) is 5. The molecule has 2 aromatic rings. The number of anilines is 1. The van der Waals surface area contributed by atoms with Crippen LogP contribution in [0, 0.1) is 12.8 Å². The van der Waals surface area contributed by atoms with Crippen molar-refractivity contribution in [1.82, 2.24) is 9.88 Å². The summed E-state index contributed by atoms with van der Waals surface area (Å²) in [6.45, 7) is 4.51. The monoisotopic (exact) mass is 407 g/mol. The van der Waals surface area contributed by atoms with E-state index in [-0.39, 0.29) is 17.7 Å². The van der Waals surface area contributed by atoms with E-state index in [0.717, 1.165) is 11.1 Å². The number of aromatic nitrogens is 1. The maximum Gasteiger partial charge on any atom is 0.339 e. The van der Waals surface area contributed by atoms with Crippen molar-refractivity contribution in [2.24, 2.45) is 5.92 Å². The summed E-state index contributed by atoms with van der Waals surface area (Å²) < 4.78 is 5.56. The Labute approximate surface area is 175 Å². The molecule has 2 aliphatic rings. The Morgan fingerprint density at radius 1 is 1.17 bits per heavy atom. The fourth-order valence-corrected chi connectivity index (χ4v) is 4.10. The second-order valence-corrected chi connectivity index (χ2v) is 8.23. The van der Waals surface area contributed by atoms with Crippen LogP contribution in [0.4, 0.5) is 5.82 Å². The number of amides is 2. The molecule has 1 fully saturated rings. The number of nitrogens with one attached hydrogen (secondary N) is 1. The molecular formula is C23H25N3O4. The van der Waals surface area contributed by atoms with Gasteiger partial charge in [0.15, 0.2) is 5.60 Å². The van der Waals surface area contributed by atoms with E-state index in [2.05, 4.69) is 10.3 Å². The molecule has 7 nitrogen and oxygen atoms in total. The van der Waals surface area contributed by atoms with Crippen LogP contribution >= 0.6 is 0 Å². The van der Waals surface area contributed by atoms with Gasteiger partial charge in [-0.05, 0) is 49.9 Å². The molecule has 0 radical (unpaired) electrons. The lowest BCUT2D eigenvalue weighted by Gasteiger charge is -2.39. The van der Waals surface area contributed by atoms with E-state index in [9.17, 15) is 14.4 Å². The number of carbonyl (C=O) groups is 3. The molecule has 1 saturated heterocycles. The van der Waals surface area contributed by atoms with Gasteiger partial charge in [-0.2, -0.15) is 0 Å². The number of rotatable bonds is 3. The van der Waals surface area contributed by atoms with Crippen LogP contribution in [0.15, 0.2) is 42.6 Å². The number of esters is 1. The second kappa shape index (κ2) is 7.89. The largest absolute Gasteiger partial charge is 0.445 e.